The molecule has 6 heteroatoms. The molecule has 0 aliphatic carbocycles. The minimum absolute atomic E-state index is 0.249. The van der Waals surface area contributed by atoms with E-state index in [4.69, 9.17) is 4.74 Å². The van der Waals surface area contributed by atoms with Gasteiger partial charge in [-0.25, -0.2) is 14.4 Å². The molecule has 154 valence electrons. The van der Waals surface area contributed by atoms with Crippen LogP contribution in [0.3, 0.4) is 0 Å². The van der Waals surface area contributed by atoms with Crippen LogP contribution in [0.15, 0.2) is 48.5 Å². The van der Waals surface area contributed by atoms with Gasteiger partial charge in [-0.1, -0.05) is 26.0 Å². The molecule has 0 saturated heterocycles. The van der Waals surface area contributed by atoms with E-state index in [2.05, 4.69) is 36.1 Å². The molecular weight excluding hydrogens is 397 g/mol. The number of aryl methyl sites for hydroxylation is 2. The molecule has 0 amide bonds. The third kappa shape index (κ3) is 4.28. The van der Waals surface area contributed by atoms with Crippen LogP contribution in [0, 0.1) is 25.6 Å². The number of halogens is 1. The van der Waals surface area contributed by atoms with Crippen molar-refractivity contribution in [1.82, 2.24) is 9.97 Å². The Labute approximate surface area is 179 Å². The Balaban J connectivity index is 1.72. The SMILES string of the molecule is Cc1nc(Nc2ccc(OCC(C)C)cc2)c2c(-c3ccc(F)cc3)c(C)sc2n1. The third-order valence-corrected chi connectivity index (χ3v) is 5.67. The Morgan fingerprint density at radius 1 is 1.00 bits per heavy atom. The Hall–Kier alpha value is -2.99. The highest BCUT2D eigenvalue weighted by atomic mass is 32.1. The molecule has 0 saturated carbocycles. The second-order valence-corrected chi connectivity index (χ2v) is 8.90. The van der Waals surface area contributed by atoms with Crippen LogP contribution < -0.4 is 10.1 Å². The number of benzene rings is 2. The Bertz CT molecular complexity index is 1170. The number of thiophene rings is 1. The van der Waals surface area contributed by atoms with Gasteiger partial charge in [0.1, 0.15) is 28.0 Å². The van der Waals surface area contributed by atoms with Gasteiger partial charge in [0, 0.05) is 16.1 Å². The fourth-order valence-electron chi connectivity index (χ4n) is 3.31. The van der Waals surface area contributed by atoms with Gasteiger partial charge in [0.25, 0.3) is 0 Å². The van der Waals surface area contributed by atoms with E-state index in [0.717, 1.165) is 43.5 Å². The van der Waals surface area contributed by atoms with E-state index in [1.54, 1.807) is 23.5 Å². The zero-order chi connectivity index (χ0) is 21.3. The monoisotopic (exact) mass is 421 g/mol. The lowest BCUT2D eigenvalue weighted by atomic mass is 10.0. The van der Waals surface area contributed by atoms with Gasteiger partial charge in [-0.05, 0) is 61.7 Å². The van der Waals surface area contributed by atoms with E-state index in [-0.39, 0.29) is 5.82 Å². The van der Waals surface area contributed by atoms with Crippen LogP contribution >= 0.6 is 11.3 Å². The molecule has 2 heterocycles. The van der Waals surface area contributed by atoms with Crippen molar-refractivity contribution >= 4 is 33.1 Å². The summed E-state index contributed by atoms with van der Waals surface area (Å²) < 4.78 is 19.2. The summed E-state index contributed by atoms with van der Waals surface area (Å²) in [7, 11) is 0. The van der Waals surface area contributed by atoms with Crippen LogP contribution in [0.25, 0.3) is 21.3 Å². The normalized spacial score (nSPS) is 11.3. The first kappa shape index (κ1) is 20.3. The van der Waals surface area contributed by atoms with Crippen molar-refractivity contribution in [2.75, 3.05) is 11.9 Å². The summed E-state index contributed by atoms with van der Waals surface area (Å²) in [6, 6.07) is 14.4. The topological polar surface area (TPSA) is 47.0 Å². The molecule has 0 fully saturated rings. The maximum atomic E-state index is 13.4. The lowest BCUT2D eigenvalue weighted by Crippen LogP contribution is -2.04. The molecule has 4 aromatic rings. The fourth-order valence-corrected chi connectivity index (χ4v) is 4.40. The average molecular weight is 422 g/mol. The van der Waals surface area contributed by atoms with E-state index in [1.807, 2.05) is 31.2 Å². The standard InChI is InChI=1S/C24H24FN3OS/c1-14(2)13-29-20-11-9-19(10-12-20)28-23-22-21(17-5-7-18(25)8-6-17)15(3)30-24(22)27-16(4)26-23/h5-12,14H,13H2,1-4H3,(H,26,27,28). The third-order valence-electron chi connectivity index (χ3n) is 4.67. The minimum atomic E-state index is -0.249. The van der Waals surface area contributed by atoms with Gasteiger partial charge in [0.15, 0.2) is 0 Å². The molecular formula is C24H24FN3OS. The first-order valence-electron chi connectivity index (χ1n) is 9.94. The Kier molecular flexibility index (Phi) is 5.68. The summed E-state index contributed by atoms with van der Waals surface area (Å²) in [5, 5.41) is 4.39. The first-order chi connectivity index (χ1) is 14.4. The van der Waals surface area contributed by atoms with Crippen molar-refractivity contribution in [3.8, 4) is 16.9 Å². The molecule has 0 aliphatic heterocycles. The van der Waals surface area contributed by atoms with Crippen LogP contribution in [-0.4, -0.2) is 16.6 Å². The van der Waals surface area contributed by atoms with Crippen molar-refractivity contribution in [3.63, 3.8) is 0 Å². The van der Waals surface area contributed by atoms with Crippen molar-refractivity contribution in [2.45, 2.75) is 27.7 Å². The average Bonchev–Trinajstić information content (AvgIpc) is 3.03. The quantitative estimate of drug-likeness (QED) is 0.368. The summed E-state index contributed by atoms with van der Waals surface area (Å²) in [5.74, 6) is 2.52. The predicted octanol–water partition coefficient (Wildman–Crippen LogP) is 6.89. The molecule has 4 nitrogen and oxygen atoms in total. The van der Waals surface area contributed by atoms with Crippen molar-refractivity contribution in [2.24, 2.45) is 5.92 Å². The number of hydrogen-bond donors (Lipinski definition) is 1. The van der Waals surface area contributed by atoms with E-state index in [0.29, 0.717) is 18.3 Å². The van der Waals surface area contributed by atoms with Gasteiger partial charge >= 0.3 is 0 Å². The molecule has 0 radical (unpaired) electrons. The minimum Gasteiger partial charge on any atom is -0.493 e. The number of nitrogens with one attached hydrogen (secondary N) is 1. The van der Waals surface area contributed by atoms with Crippen molar-refractivity contribution in [1.29, 1.82) is 0 Å². The molecule has 0 bridgehead atoms. The largest absolute Gasteiger partial charge is 0.493 e. The predicted molar refractivity (Wildman–Crippen MR) is 122 cm³/mol. The lowest BCUT2D eigenvalue weighted by Gasteiger charge is -2.12. The maximum absolute atomic E-state index is 13.4. The Morgan fingerprint density at radius 2 is 1.70 bits per heavy atom. The number of hydrogen-bond acceptors (Lipinski definition) is 5. The zero-order valence-electron chi connectivity index (χ0n) is 17.5. The number of ether oxygens (including phenoxy) is 1. The summed E-state index contributed by atoms with van der Waals surface area (Å²) in [5.41, 5.74) is 2.91. The summed E-state index contributed by atoms with van der Waals surface area (Å²) in [6.45, 7) is 8.89. The van der Waals surface area contributed by atoms with Gasteiger partial charge in [0.2, 0.25) is 0 Å². The van der Waals surface area contributed by atoms with E-state index in [1.165, 1.54) is 12.1 Å². The van der Waals surface area contributed by atoms with Crippen LogP contribution in [0.2, 0.25) is 0 Å². The summed E-state index contributed by atoms with van der Waals surface area (Å²) >= 11 is 1.62. The van der Waals surface area contributed by atoms with Gasteiger partial charge in [-0.3, -0.25) is 0 Å². The second-order valence-electron chi connectivity index (χ2n) is 7.69. The molecule has 0 atom stereocenters. The Morgan fingerprint density at radius 3 is 2.37 bits per heavy atom. The number of aromatic nitrogens is 2. The van der Waals surface area contributed by atoms with Crippen molar-refractivity contribution in [3.05, 3.63) is 65.0 Å². The molecule has 2 aromatic heterocycles. The van der Waals surface area contributed by atoms with E-state index >= 15 is 0 Å². The molecule has 0 unspecified atom stereocenters. The molecule has 4 rings (SSSR count). The van der Waals surface area contributed by atoms with Crippen LogP contribution in [0.5, 0.6) is 5.75 Å². The first-order valence-corrected chi connectivity index (χ1v) is 10.8. The molecule has 2 aromatic carbocycles. The number of nitrogens with zero attached hydrogens (tertiary/aromatic N) is 2. The highest BCUT2D eigenvalue weighted by Gasteiger charge is 2.18. The fraction of sp³-hybridized carbons (Fsp3) is 0.250. The molecule has 1 N–H and O–H groups in total. The maximum Gasteiger partial charge on any atom is 0.143 e. The van der Waals surface area contributed by atoms with Gasteiger partial charge in [-0.2, -0.15) is 0 Å². The van der Waals surface area contributed by atoms with E-state index in [9.17, 15) is 4.39 Å². The summed E-state index contributed by atoms with van der Waals surface area (Å²) in [4.78, 5) is 11.3. The van der Waals surface area contributed by atoms with Crippen LogP contribution in [0.1, 0.15) is 24.5 Å². The molecule has 30 heavy (non-hydrogen) atoms. The summed E-state index contributed by atoms with van der Waals surface area (Å²) in [6.07, 6.45) is 0. The van der Waals surface area contributed by atoms with Crippen LogP contribution in [0.4, 0.5) is 15.9 Å². The zero-order valence-corrected chi connectivity index (χ0v) is 18.3. The van der Waals surface area contributed by atoms with Gasteiger partial charge in [0.05, 0.1) is 12.0 Å². The lowest BCUT2D eigenvalue weighted by molar-refractivity contribution is 0.271. The van der Waals surface area contributed by atoms with Crippen LogP contribution in [-0.2, 0) is 0 Å². The number of fused-ring (bicyclic) bond motifs is 1. The molecule has 0 spiro atoms. The van der Waals surface area contributed by atoms with E-state index < -0.39 is 0 Å². The second kappa shape index (κ2) is 8.40. The van der Waals surface area contributed by atoms with Gasteiger partial charge < -0.3 is 10.1 Å². The molecule has 0 aliphatic rings. The number of rotatable bonds is 6. The highest BCUT2D eigenvalue weighted by Crippen LogP contribution is 2.41. The number of anilines is 2. The van der Waals surface area contributed by atoms with Gasteiger partial charge in [-0.15, -0.1) is 11.3 Å². The highest BCUT2D eigenvalue weighted by molar-refractivity contribution is 7.19. The van der Waals surface area contributed by atoms with Crippen molar-refractivity contribution < 1.29 is 9.13 Å². The smallest absolute Gasteiger partial charge is 0.143 e.